The zero-order valence-corrected chi connectivity index (χ0v) is 11.7. The molecule has 0 aromatic carbocycles. The molecule has 0 bridgehead atoms. The highest BCUT2D eigenvalue weighted by atomic mass is 16.5. The number of fused-ring (bicyclic) bond motifs is 1. The van der Waals surface area contributed by atoms with Crippen LogP contribution in [0.2, 0.25) is 0 Å². The van der Waals surface area contributed by atoms with Gasteiger partial charge < -0.3 is 13.9 Å². The van der Waals surface area contributed by atoms with E-state index < -0.39 is 17.2 Å². The van der Waals surface area contributed by atoms with E-state index in [1.54, 1.807) is 12.1 Å². The number of pyridine rings is 1. The lowest BCUT2D eigenvalue weighted by Crippen LogP contribution is -2.23. The molecule has 6 heteroatoms. The van der Waals surface area contributed by atoms with Gasteiger partial charge in [0, 0.05) is 12.1 Å². The number of ether oxygens (including phenoxy) is 2. The predicted molar refractivity (Wildman–Crippen MR) is 72.0 cm³/mol. The molecule has 0 radical (unpaired) electrons. The summed E-state index contributed by atoms with van der Waals surface area (Å²) in [7, 11) is 1.24. The Kier molecular flexibility index (Phi) is 3.48. The number of methoxy groups -OCH3 is 1. The number of esters is 1. The van der Waals surface area contributed by atoms with Gasteiger partial charge in [0.2, 0.25) is 11.6 Å². The van der Waals surface area contributed by atoms with Gasteiger partial charge in [-0.05, 0) is 26.8 Å². The molecule has 0 amide bonds. The molecule has 106 valence electrons. The van der Waals surface area contributed by atoms with Crippen LogP contribution in [0, 0.1) is 0 Å². The third-order valence-corrected chi connectivity index (χ3v) is 2.40. The van der Waals surface area contributed by atoms with E-state index in [-0.39, 0.29) is 11.3 Å². The molecular formula is C14H15NO5. The first-order valence-electron chi connectivity index (χ1n) is 6.02. The van der Waals surface area contributed by atoms with Gasteiger partial charge in [0.15, 0.2) is 0 Å². The Labute approximate surface area is 115 Å². The first kappa shape index (κ1) is 14.0. The first-order valence-corrected chi connectivity index (χ1v) is 6.02. The second kappa shape index (κ2) is 4.96. The molecule has 0 saturated carbocycles. The second-order valence-electron chi connectivity index (χ2n) is 5.19. The molecule has 2 rings (SSSR count). The number of aromatic nitrogens is 1. The van der Waals surface area contributed by atoms with E-state index in [0.29, 0.717) is 11.3 Å². The molecular weight excluding hydrogens is 262 g/mol. The van der Waals surface area contributed by atoms with Crippen molar-refractivity contribution in [3.05, 3.63) is 34.2 Å². The first-order chi connectivity index (χ1) is 9.30. The number of carbonyl (C=O) groups is 1. The monoisotopic (exact) mass is 277 g/mol. The maximum Gasteiger partial charge on any atom is 0.338 e. The third-order valence-electron chi connectivity index (χ3n) is 2.40. The minimum absolute atomic E-state index is 0.0413. The number of nitrogens with zero attached hydrogens (tertiary/aromatic N) is 1. The molecule has 2 heterocycles. The zero-order valence-electron chi connectivity index (χ0n) is 11.7. The molecule has 0 aliphatic rings. The minimum Gasteiger partial charge on any atom is -0.472 e. The Morgan fingerprint density at radius 2 is 2.00 bits per heavy atom. The van der Waals surface area contributed by atoms with Crippen molar-refractivity contribution in [1.29, 1.82) is 0 Å². The Morgan fingerprint density at radius 1 is 1.30 bits per heavy atom. The molecule has 0 aliphatic carbocycles. The minimum atomic E-state index is -0.668. The Balaban J connectivity index is 2.59. The summed E-state index contributed by atoms with van der Waals surface area (Å²) >= 11 is 0. The van der Waals surface area contributed by atoms with Crippen LogP contribution >= 0.6 is 0 Å². The van der Waals surface area contributed by atoms with Gasteiger partial charge in [0.25, 0.3) is 0 Å². The average molecular weight is 277 g/mol. The molecule has 0 fully saturated rings. The summed E-state index contributed by atoms with van der Waals surface area (Å²) in [6, 6.07) is 4.30. The maximum absolute atomic E-state index is 11.6. The number of hydrogen-bond donors (Lipinski definition) is 0. The summed E-state index contributed by atoms with van der Waals surface area (Å²) in [5.41, 5.74) is -0.937. The van der Waals surface area contributed by atoms with E-state index in [1.165, 1.54) is 7.11 Å². The van der Waals surface area contributed by atoms with Crippen molar-refractivity contribution >= 4 is 17.1 Å². The van der Waals surface area contributed by atoms with Gasteiger partial charge in [-0.2, -0.15) is 4.98 Å². The molecule has 0 N–H and O–H groups in total. The van der Waals surface area contributed by atoms with Gasteiger partial charge in [-0.1, -0.05) is 0 Å². The van der Waals surface area contributed by atoms with Gasteiger partial charge in [-0.3, -0.25) is 0 Å². The van der Waals surface area contributed by atoms with Crippen LogP contribution in [0.5, 0.6) is 5.88 Å². The van der Waals surface area contributed by atoms with Crippen LogP contribution in [0.4, 0.5) is 0 Å². The van der Waals surface area contributed by atoms with Crippen LogP contribution in [0.15, 0.2) is 27.4 Å². The maximum atomic E-state index is 11.6. The third kappa shape index (κ3) is 2.96. The summed E-state index contributed by atoms with van der Waals surface area (Å²) in [4.78, 5) is 27.2. The van der Waals surface area contributed by atoms with E-state index in [4.69, 9.17) is 9.15 Å². The average Bonchev–Trinajstić information content (AvgIpc) is 2.34. The highest BCUT2D eigenvalue weighted by Gasteiger charge is 2.17. The normalized spacial score (nSPS) is 11.4. The molecule has 6 nitrogen and oxygen atoms in total. The van der Waals surface area contributed by atoms with Gasteiger partial charge in [0.1, 0.15) is 5.60 Å². The lowest BCUT2D eigenvalue weighted by atomic mass is 10.1. The van der Waals surface area contributed by atoms with Crippen molar-refractivity contribution in [2.45, 2.75) is 26.4 Å². The highest BCUT2D eigenvalue weighted by molar-refractivity contribution is 6.01. The lowest BCUT2D eigenvalue weighted by molar-refractivity contribution is 0.0602. The summed E-state index contributed by atoms with van der Waals surface area (Å²) in [5, 5.41) is 0.401. The molecule has 0 aliphatic heterocycles. The van der Waals surface area contributed by atoms with Gasteiger partial charge >= 0.3 is 11.6 Å². The summed E-state index contributed by atoms with van der Waals surface area (Å²) < 4.78 is 15.2. The van der Waals surface area contributed by atoms with Crippen molar-refractivity contribution < 1.29 is 18.7 Å². The van der Waals surface area contributed by atoms with Crippen LogP contribution in [0.1, 0.15) is 31.1 Å². The standard InChI is InChI=1S/C14H15NO5/c1-14(2,3)20-10-6-5-8-9(13(17)18-4)7-11(16)19-12(8)15-10/h5-7H,1-4H3. The number of hydrogen-bond acceptors (Lipinski definition) is 6. The molecule has 0 saturated heterocycles. The number of carbonyl (C=O) groups excluding carboxylic acids is 1. The van der Waals surface area contributed by atoms with Crippen molar-refractivity contribution in [2.24, 2.45) is 0 Å². The summed E-state index contributed by atoms with van der Waals surface area (Å²) in [5.74, 6) is -0.302. The Morgan fingerprint density at radius 3 is 2.60 bits per heavy atom. The smallest absolute Gasteiger partial charge is 0.338 e. The van der Waals surface area contributed by atoms with E-state index in [9.17, 15) is 9.59 Å². The van der Waals surface area contributed by atoms with Crippen LogP contribution in [0.25, 0.3) is 11.1 Å². The molecule has 0 spiro atoms. The van der Waals surface area contributed by atoms with Crippen LogP contribution in [-0.4, -0.2) is 23.7 Å². The SMILES string of the molecule is COC(=O)c1cc(=O)oc2nc(OC(C)(C)C)ccc12. The van der Waals surface area contributed by atoms with Crippen molar-refractivity contribution in [2.75, 3.05) is 7.11 Å². The molecule has 0 unspecified atom stereocenters. The van der Waals surface area contributed by atoms with Gasteiger partial charge in [0.05, 0.1) is 18.1 Å². The quantitative estimate of drug-likeness (QED) is 0.783. The van der Waals surface area contributed by atoms with Crippen molar-refractivity contribution in [3.8, 4) is 5.88 Å². The van der Waals surface area contributed by atoms with Gasteiger partial charge in [-0.15, -0.1) is 0 Å². The van der Waals surface area contributed by atoms with Gasteiger partial charge in [-0.25, -0.2) is 9.59 Å². The molecule has 0 atom stereocenters. The molecule has 2 aromatic rings. The highest BCUT2D eigenvalue weighted by Crippen LogP contribution is 2.22. The van der Waals surface area contributed by atoms with Crippen molar-refractivity contribution in [3.63, 3.8) is 0 Å². The Hall–Kier alpha value is -2.37. The lowest BCUT2D eigenvalue weighted by Gasteiger charge is -2.20. The van der Waals surface area contributed by atoms with E-state index in [0.717, 1.165) is 6.07 Å². The zero-order chi connectivity index (χ0) is 14.9. The Bertz CT molecular complexity index is 712. The van der Waals surface area contributed by atoms with E-state index in [2.05, 4.69) is 9.72 Å². The predicted octanol–water partition coefficient (Wildman–Crippen LogP) is 2.15. The topological polar surface area (TPSA) is 78.6 Å². The molecule has 2 aromatic heterocycles. The molecule has 20 heavy (non-hydrogen) atoms. The number of rotatable bonds is 2. The fraction of sp³-hybridized carbons (Fsp3) is 0.357. The van der Waals surface area contributed by atoms with E-state index >= 15 is 0 Å². The van der Waals surface area contributed by atoms with Crippen LogP contribution in [-0.2, 0) is 4.74 Å². The summed E-state index contributed by atoms with van der Waals surface area (Å²) in [6.45, 7) is 5.62. The second-order valence-corrected chi connectivity index (χ2v) is 5.19. The fourth-order valence-corrected chi connectivity index (χ4v) is 1.68. The van der Waals surface area contributed by atoms with Crippen LogP contribution in [0.3, 0.4) is 0 Å². The fourth-order valence-electron chi connectivity index (χ4n) is 1.68. The van der Waals surface area contributed by atoms with Crippen LogP contribution < -0.4 is 10.4 Å². The van der Waals surface area contributed by atoms with E-state index in [1.807, 2.05) is 20.8 Å². The largest absolute Gasteiger partial charge is 0.472 e. The van der Waals surface area contributed by atoms with Crippen molar-refractivity contribution in [1.82, 2.24) is 4.98 Å². The summed E-state index contributed by atoms with van der Waals surface area (Å²) in [6.07, 6.45) is 0.